The molecule has 1 aromatic carbocycles. The lowest BCUT2D eigenvalue weighted by atomic mass is 10.2. The summed E-state index contributed by atoms with van der Waals surface area (Å²) >= 11 is 1.57. The van der Waals surface area contributed by atoms with E-state index >= 15 is 0 Å². The minimum Gasteiger partial charge on any atom is -0.326 e. The van der Waals surface area contributed by atoms with Gasteiger partial charge in [-0.15, -0.1) is 11.3 Å². The van der Waals surface area contributed by atoms with E-state index in [1.54, 1.807) is 41.1 Å². The van der Waals surface area contributed by atoms with Crippen LogP contribution in [-0.4, -0.2) is 29.4 Å². The normalized spacial score (nSPS) is 10.3. The Bertz CT molecular complexity index is 633. The second-order valence-electron chi connectivity index (χ2n) is 4.71. The fourth-order valence-electron chi connectivity index (χ4n) is 1.85. The monoisotopic (exact) mass is 300 g/mol. The molecule has 0 aliphatic carbocycles. The molecule has 0 radical (unpaired) electrons. The van der Waals surface area contributed by atoms with Gasteiger partial charge in [0.2, 0.25) is 5.91 Å². The van der Waals surface area contributed by atoms with Crippen molar-refractivity contribution < 1.29 is 4.79 Å². The van der Waals surface area contributed by atoms with Crippen LogP contribution in [0, 0.1) is 11.3 Å². The molecule has 2 rings (SSSR count). The molecule has 1 aromatic heterocycles. The number of hydrogen-bond donors (Lipinski definition) is 1. The van der Waals surface area contributed by atoms with Crippen molar-refractivity contribution in [2.24, 2.45) is 0 Å². The molecule has 0 spiro atoms. The quantitative estimate of drug-likeness (QED) is 0.890. The minimum atomic E-state index is -0.0600. The number of thiazole rings is 1. The Morgan fingerprint density at radius 2 is 2.38 bits per heavy atom. The van der Waals surface area contributed by atoms with E-state index in [1.165, 1.54) is 0 Å². The number of nitriles is 1. The molecule has 0 aliphatic heterocycles. The van der Waals surface area contributed by atoms with E-state index in [2.05, 4.69) is 21.3 Å². The maximum Gasteiger partial charge on any atom is 0.225 e. The molecule has 108 valence electrons. The Hall–Kier alpha value is -2.23. The molecule has 0 atom stereocenters. The highest BCUT2D eigenvalue weighted by Crippen LogP contribution is 2.10. The molecule has 2 aromatic rings. The Kier molecular flexibility index (Phi) is 5.43. The number of rotatable bonds is 6. The molecule has 21 heavy (non-hydrogen) atoms. The molecule has 1 amide bonds. The van der Waals surface area contributed by atoms with E-state index in [1.807, 2.05) is 12.4 Å². The van der Waals surface area contributed by atoms with Crippen LogP contribution < -0.4 is 5.32 Å². The number of amides is 1. The van der Waals surface area contributed by atoms with Crippen LogP contribution in [0.4, 0.5) is 5.69 Å². The molecular formula is C15H16N4OS. The van der Waals surface area contributed by atoms with E-state index in [9.17, 15) is 4.79 Å². The van der Waals surface area contributed by atoms with Crippen molar-refractivity contribution in [3.63, 3.8) is 0 Å². The first-order valence-corrected chi connectivity index (χ1v) is 7.47. The van der Waals surface area contributed by atoms with Crippen LogP contribution >= 0.6 is 11.3 Å². The molecular weight excluding hydrogens is 284 g/mol. The first-order chi connectivity index (χ1) is 10.2. The van der Waals surface area contributed by atoms with E-state index in [4.69, 9.17) is 5.26 Å². The first kappa shape index (κ1) is 15.2. The number of nitrogens with one attached hydrogen (secondary N) is 1. The largest absolute Gasteiger partial charge is 0.326 e. The van der Waals surface area contributed by atoms with Crippen LogP contribution in [0.3, 0.4) is 0 Å². The second kappa shape index (κ2) is 7.53. The van der Waals surface area contributed by atoms with E-state index in [0.717, 1.165) is 12.2 Å². The third kappa shape index (κ3) is 4.99. The van der Waals surface area contributed by atoms with Crippen molar-refractivity contribution in [3.05, 3.63) is 46.4 Å². The van der Waals surface area contributed by atoms with Crippen LogP contribution in [0.15, 0.2) is 35.2 Å². The van der Waals surface area contributed by atoms with Crippen LogP contribution in [0.25, 0.3) is 0 Å². The van der Waals surface area contributed by atoms with Crippen molar-refractivity contribution in [2.75, 3.05) is 18.9 Å². The lowest BCUT2D eigenvalue weighted by molar-refractivity contribution is -0.116. The number of nitrogens with zero attached hydrogens (tertiary/aromatic N) is 3. The van der Waals surface area contributed by atoms with Crippen molar-refractivity contribution >= 4 is 22.9 Å². The smallest absolute Gasteiger partial charge is 0.225 e. The second-order valence-corrected chi connectivity index (χ2v) is 5.43. The molecule has 0 bridgehead atoms. The zero-order chi connectivity index (χ0) is 15.1. The lowest BCUT2D eigenvalue weighted by Crippen LogP contribution is -2.24. The van der Waals surface area contributed by atoms with Crippen LogP contribution in [-0.2, 0) is 11.3 Å². The summed E-state index contributed by atoms with van der Waals surface area (Å²) in [5.41, 5.74) is 4.01. The summed E-state index contributed by atoms with van der Waals surface area (Å²) in [6, 6.07) is 8.95. The number of anilines is 1. The molecule has 0 saturated carbocycles. The Morgan fingerprint density at radius 1 is 1.52 bits per heavy atom. The van der Waals surface area contributed by atoms with Gasteiger partial charge in [-0.25, -0.2) is 4.98 Å². The zero-order valence-electron chi connectivity index (χ0n) is 11.7. The van der Waals surface area contributed by atoms with Crippen LogP contribution in [0.1, 0.15) is 17.7 Å². The average Bonchev–Trinajstić information content (AvgIpc) is 2.98. The lowest BCUT2D eigenvalue weighted by Gasteiger charge is -2.14. The van der Waals surface area contributed by atoms with E-state index in [0.29, 0.717) is 24.2 Å². The van der Waals surface area contributed by atoms with E-state index < -0.39 is 0 Å². The predicted octanol–water partition coefficient (Wildman–Crippen LogP) is 2.48. The van der Waals surface area contributed by atoms with Gasteiger partial charge >= 0.3 is 0 Å². The van der Waals surface area contributed by atoms with Gasteiger partial charge in [-0.2, -0.15) is 5.26 Å². The van der Waals surface area contributed by atoms with Crippen molar-refractivity contribution in [1.82, 2.24) is 9.88 Å². The third-order valence-corrected chi connectivity index (χ3v) is 3.55. The predicted molar refractivity (Wildman–Crippen MR) is 82.9 cm³/mol. The summed E-state index contributed by atoms with van der Waals surface area (Å²) in [7, 11) is 1.96. The summed E-state index contributed by atoms with van der Waals surface area (Å²) in [5.74, 6) is -0.0600. The van der Waals surface area contributed by atoms with Crippen molar-refractivity contribution in [2.45, 2.75) is 13.0 Å². The third-order valence-electron chi connectivity index (χ3n) is 2.91. The molecule has 0 unspecified atom stereocenters. The summed E-state index contributed by atoms with van der Waals surface area (Å²) in [6.45, 7) is 1.39. The van der Waals surface area contributed by atoms with Gasteiger partial charge in [-0.05, 0) is 25.2 Å². The highest BCUT2D eigenvalue weighted by molar-refractivity contribution is 7.07. The Balaban J connectivity index is 1.78. The number of carbonyl (C=O) groups excluding carboxylic acids is 1. The van der Waals surface area contributed by atoms with Gasteiger partial charge in [0.05, 0.1) is 22.8 Å². The van der Waals surface area contributed by atoms with Crippen LogP contribution in [0.5, 0.6) is 0 Å². The maximum atomic E-state index is 11.9. The number of benzene rings is 1. The zero-order valence-corrected chi connectivity index (χ0v) is 12.6. The van der Waals surface area contributed by atoms with Crippen molar-refractivity contribution in [1.29, 1.82) is 5.26 Å². The molecule has 1 N–H and O–H groups in total. The molecule has 0 saturated heterocycles. The van der Waals surface area contributed by atoms with Gasteiger partial charge in [0, 0.05) is 30.6 Å². The fraction of sp³-hybridized carbons (Fsp3) is 0.267. The number of hydrogen-bond acceptors (Lipinski definition) is 5. The highest BCUT2D eigenvalue weighted by Gasteiger charge is 2.07. The molecule has 1 heterocycles. The summed E-state index contributed by atoms with van der Waals surface area (Å²) in [6.07, 6.45) is 0.400. The SMILES string of the molecule is CN(CCC(=O)Nc1cccc(C#N)c1)Cc1cscn1. The minimum absolute atomic E-state index is 0.0600. The van der Waals surface area contributed by atoms with Gasteiger partial charge in [0.1, 0.15) is 0 Å². The highest BCUT2D eigenvalue weighted by atomic mass is 32.1. The average molecular weight is 300 g/mol. The first-order valence-electron chi connectivity index (χ1n) is 6.53. The summed E-state index contributed by atoms with van der Waals surface area (Å²) in [5, 5.41) is 13.6. The summed E-state index contributed by atoms with van der Waals surface area (Å²) in [4.78, 5) is 18.2. The van der Waals surface area contributed by atoms with Gasteiger partial charge in [0.15, 0.2) is 0 Å². The topological polar surface area (TPSA) is 69.0 Å². The molecule has 6 heteroatoms. The summed E-state index contributed by atoms with van der Waals surface area (Å²) < 4.78 is 0. The van der Waals surface area contributed by atoms with Gasteiger partial charge in [-0.3, -0.25) is 4.79 Å². The molecule has 0 fully saturated rings. The van der Waals surface area contributed by atoms with Crippen LogP contribution in [0.2, 0.25) is 0 Å². The standard InChI is InChI=1S/C15H16N4OS/c1-19(9-14-10-21-11-17-14)6-5-15(20)18-13-4-2-3-12(7-13)8-16/h2-4,7,10-11H,5-6,9H2,1H3,(H,18,20). The fourth-order valence-corrected chi connectivity index (χ4v) is 2.40. The maximum absolute atomic E-state index is 11.9. The molecule has 0 aliphatic rings. The number of carbonyl (C=O) groups is 1. The van der Waals surface area contributed by atoms with Gasteiger partial charge < -0.3 is 10.2 Å². The van der Waals surface area contributed by atoms with Gasteiger partial charge in [-0.1, -0.05) is 6.07 Å². The molecule has 5 nitrogen and oxygen atoms in total. The van der Waals surface area contributed by atoms with E-state index in [-0.39, 0.29) is 5.91 Å². The van der Waals surface area contributed by atoms with Crippen molar-refractivity contribution in [3.8, 4) is 6.07 Å². The van der Waals surface area contributed by atoms with Gasteiger partial charge in [0.25, 0.3) is 0 Å². The Labute approximate surface area is 127 Å². The Morgan fingerprint density at radius 3 is 3.10 bits per heavy atom. The number of aromatic nitrogens is 1.